The van der Waals surface area contributed by atoms with Crippen LogP contribution >= 0.6 is 11.3 Å². The van der Waals surface area contributed by atoms with Gasteiger partial charge in [-0.3, -0.25) is 4.79 Å². The van der Waals surface area contributed by atoms with E-state index in [1.54, 1.807) is 11.3 Å². The normalized spacial score (nSPS) is 17.4. The highest BCUT2D eigenvalue weighted by molar-refractivity contribution is 7.13. The first-order chi connectivity index (χ1) is 12.8. The van der Waals surface area contributed by atoms with E-state index in [9.17, 15) is 4.79 Å². The monoisotopic (exact) mass is 367 g/mol. The molecule has 1 atom stereocenters. The molecule has 1 saturated heterocycles. The van der Waals surface area contributed by atoms with Gasteiger partial charge in [-0.1, -0.05) is 36.4 Å². The smallest absolute Gasteiger partial charge is 0.257 e. The van der Waals surface area contributed by atoms with Crippen molar-refractivity contribution in [1.82, 2.24) is 15.1 Å². The van der Waals surface area contributed by atoms with Crippen LogP contribution in [0.5, 0.6) is 0 Å². The second-order valence-corrected chi connectivity index (χ2v) is 7.53. The molecule has 0 radical (unpaired) electrons. The maximum atomic E-state index is 12.6. The van der Waals surface area contributed by atoms with E-state index in [2.05, 4.69) is 22.3 Å². The lowest BCUT2D eigenvalue weighted by Gasteiger charge is -2.31. The number of aromatic nitrogens is 2. The van der Waals surface area contributed by atoms with Gasteiger partial charge in [-0.2, -0.15) is 0 Å². The summed E-state index contributed by atoms with van der Waals surface area (Å²) in [5.74, 6) is 1.55. The van der Waals surface area contributed by atoms with Crippen LogP contribution in [0.4, 0.5) is 0 Å². The van der Waals surface area contributed by atoms with Crippen molar-refractivity contribution in [3.8, 4) is 10.8 Å². The molecular formula is C20H21N3O2S. The Hall–Kier alpha value is -2.47. The maximum absolute atomic E-state index is 12.6. The molecule has 1 unspecified atom stereocenters. The lowest BCUT2D eigenvalue weighted by atomic mass is 9.97. The summed E-state index contributed by atoms with van der Waals surface area (Å²) in [6, 6.07) is 14.1. The highest BCUT2D eigenvalue weighted by Crippen LogP contribution is 2.30. The van der Waals surface area contributed by atoms with Crippen molar-refractivity contribution in [2.75, 3.05) is 13.1 Å². The molecule has 4 rings (SSSR count). The zero-order chi connectivity index (χ0) is 17.8. The third-order valence-corrected chi connectivity index (χ3v) is 5.62. The van der Waals surface area contributed by atoms with E-state index in [0.717, 1.165) is 30.7 Å². The van der Waals surface area contributed by atoms with Crippen LogP contribution in [0.2, 0.25) is 0 Å². The number of nitrogens with zero attached hydrogens (tertiary/aromatic N) is 3. The lowest BCUT2D eigenvalue weighted by molar-refractivity contribution is -0.132. The Labute approximate surface area is 156 Å². The number of carbonyl (C=O) groups is 1. The van der Waals surface area contributed by atoms with Gasteiger partial charge in [0, 0.05) is 19.5 Å². The van der Waals surface area contributed by atoms with E-state index >= 15 is 0 Å². The molecule has 134 valence electrons. The first-order valence-corrected chi connectivity index (χ1v) is 9.86. The number of thiophene rings is 1. The summed E-state index contributed by atoms with van der Waals surface area (Å²) in [6.07, 6.45) is 3.28. The van der Waals surface area contributed by atoms with E-state index in [0.29, 0.717) is 24.7 Å². The summed E-state index contributed by atoms with van der Waals surface area (Å²) in [7, 11) is 0. The predicted octanol–water partition coefficient (Wildman–Crippen LogP) is 4.14. The molecular weight excluding hydrogens is 346 g/mol. The zero-order valence-corrected chi connectivity index (χ0v) is 15.3. The minimum Gasteiger partial charge on any atom is -0.420 e. The van der Waals surface area contributed by atoms with Crippen molar-refractivity contribution < 1.29 is 9.21 Å². The third kappa shape index (κ3) is 3.85. The number of carbonyl (C=O) groups excluding carboxylic acids is 1. The summed E-state index contributed by atoms with van der Waals surface area (Å²) in [5.41, 5.74) is 1.20. The Morgan fingerprint density at radius 3 is 2.88 bits per heavy atom. The molecule has 1 amide bonds. The van der Waals surface area contributed by atoms with Crippen LogP contribution in [0, 0.1) is 0 Å². The van der Waals surface area contributed by atoms with Crippen LogP contribution in [-0.2, 0) is 11.2 Å². The summed E-state index contributed by atoms with van der Waals surface area (Å²) < 4.78 is 5.88. The molecule has 0 aliphatic carbocycles. The summed E-state index contributed by atoms with van der Waals surface area (Å²) in [4.78, 5) is 15.5. The Morgan fingerprint density at radius 1 is 1.19 bits per heavy atom. The first-order valence-electron chi connectivity index (χ1n) is 8.98. The van der Waals surface area contributed by atoms with Gasteiger partial charge in [0.05, 0.1) is 10.8 Å². The molecule has 0 saturated carbocycles. The van der Waals surface area contributed by atoms with Crippen LogP contribution in [0.3, 0.4) is 0 Å². The molecule has 1 aliphatic rings. The molecule has 0 spiro atoms. The highest BCUT2D eigenvalue weighted by Gasteiger charge is 2.28. The van der Waals surface area contributed by atoms with Gasteiger partial charge < -0.3 is 9.32 Å². The van der Waals surface area contributed by atoms with Crippen molar-refractivity contribution in [3.63, 3.8) is 0 Å². The van der Waals surface area contributed by atoms with Crippen LogP contribution in [0.15, 0.2) is 52.3 Å². The van der Waals surface area contributed by atoms with E-state index in [1.165, 1.54) is 5.56 Å². The van der Waals surface area contributed by atoms with Crippen molar-refractivity contribution in [1.29, 1.82) is 0 Å². The Bertz CT molecular complexity index is 845. The van der Waals surface area contributed by atoms with Gasteiger partial charge in [0.2, 0.25) is 11.8 Å². The van der Waals surface area contributed by atoms with Crippen molar-refractivity contribution in [2.45, 2.75) is 31.6 Å². The molecule has 3 aromatic rings. The number of benzene rings is 1. The van der Waals surface area contributed by atoms with Gasteiger partial charge in [-0.25, -0.2) is 0 Å². The second kappa shape index (κ2) is 7.83. The topological polar surface area (TPSA) is 59.2 Å². The van der Waals surface area contributed by atoms with Gasteiger partial charge in [-0.15, -0.1) is 21.5 Å². The van der Waals surface area contributed by atoms with E-state index in [4.69, 9.17) is 4.42 Å². The summed E-state index contributed by atoms with van der Waals surface area (Å²) >= 11 is 1.59. The van der Waals surface area contributed by atoms with Crippen molar-refractivity contribution in [2.24, 2.45) is 0 Å². The van der Waals surface area contributed by atoms with Gasteiger partial charge in [-0.05, 0) is 36.3 Å². The van der Waals surface area contributed by atoms with E-state index in [-0.39, 0.29) is 11.8 Å². The fourth-order valence-electron chi connectivity index (χ4n) is 3.36. The lowest BCUT2D eigenvalue weighted by Crippen LogP contribution is -2.39. The molecule has 0 N–H and O–H groups in total. The molecule has 1 fully saturated rings. The van der Waals surface area contributed by atoms with Crippen LogP contribution < -0.4 is 0 Å². The maximum Gasteiger partial charge on any atom is 0.257 e. The average Bonchev–Trinajstić information content (AvgIpc) is 3.38. The predicted molar refractivity (Wildman–Crippen MR) is 101 cm³/mol. The molecule has 26 heavy (non-hydrogen) atoms. The van der Waals surface area contributed by atoms with E-state index in [1.807, 2.05) is 40.6 Å². The van der Waals surface area contributed by atoms with Gasteiger partial charge in [0.25, 0.3) is 5.89 Å². The minimum atomic E-state index is 0.130. The number of rotatable bonds is 5. The standard InChI is InChI=1S/C20H21N3O2S/c24-18(11-10-15-6-2-1-3-7-15)23-12-4-8-16(14-23)19-21-22-20(25-19)17-9-5-13-26-17/h1-3,5-7,9,13,16H,4,8,10-12,14H2. The Kier molecular flexibility index (Phi) is 5.11. The van der Waals surface area contributed by atoms with Gasteiger partial charge in [0.1, 0.15) is 0 Å². The van der Waals surface area contributed by atoms with Crippen molar-refractivity contribution in [3.05, 3.63) is 59.3 Å². The highest BCUT2D eigenvalue weighted by atomic mass is 32.1. The molecule has 0 bridgehead atoms. The Morgan fingerprint density at radius 2 is 2.08 bits per heavy atom. The molecule has 1 aliphatic heterocycles. The largest absolute Gasteiger partial charge is 0.420 e. The quantitative estimate of drug-likeness (QED) is 0.680. The number of piperidine rings is 1. The molecule has 3 heterocycles. The van der Waals surface area contributed by atoms with Crippen molar-refractivity contribution >= 4 is 17.2 Å². The molecule has 1 aromatic carbocycles. The average molecular weight is 367 g/mol. The fraction of sp³-hybridized carbons (Fsp3) is 0.350. The molecule has 2 aromatic heterocycles. The van der Waals surface area contributed by atoms with Crippen LogP contribution in [-0.4, -0.2) is 34.1 Å². The summed E-state index contributed by atoms with van der Waals surface area (Å²) in [5, 5.41) is 10.4. The fourth-order valence-corrected chi connectivity index (χ4v) is 4.00. The first kappa shape index (κ1) is 17.0. The van der Waals surface area contributed by atoms with Gasteiger partial charge in [0.15, 0.2) is 0 Å². The number of likely N-dealkylation sites (tertiary alicyclic amines) is 1. The number of hydrogen-bond acceptors (Lipinski definition) is 5. The second-order valence-electron chi connectivity index (χ2n) is 6.59. The summed E-state index contributed by atoms with van der Waals surface area (Å²) in [6.45, 7) is 1.48. The third-order valence-electron chi connectivity index (χ3n) is 4.77. The number of hydrogen-bond donors (Lipinski definition) is 0. The Balaban J connectivity index is 1.37. The number of aryl methyl sites for hydroxylation is 1. The van der Waals surface area contributed by atoms with Gasteiger partial charge >= 0.3 is 0 Å². The SMILES string of the molecule is O=C(CCc1ccccc1)N1CCCC(c2nnc(-c3cccs3)o2)C1. The minimum absolute atomic E-state index is 0.130. The number of amides is 1. The molecule has 5 nitrogen and oxygen atoms in total. The zero-order valence-electron chi connectivity index (χ0n) is 14.5. The van der Waals surface area contributed by atoms with Crippen LogP contribution in [0.25, 0.3) is 10.8 Å². The van der Waals surface area contributed by atoms with Crippen LogP contribution in [0.1, 0.15) is 36.6 Å². The van der Waals surface area contributed by atoms with E-state index < -0.39 is 0 Å². The molecule has 6 heteroatoms.